The molecule has 1 aliphatic heterocycles. The van der Waals surface area contributed by atoms with Crippen LogP contribution in [0.15, 0.2) is 58.1 Å². The highest BCUT2D eigenvalue weighted by molar-refractivity contribution is 7.99. The van der Waals surface area contributed by atoms with Gasteiger partial charge < -0.3 is 9.88 Å². The number of rotatable bonds is 6. The molecule has 0 atom stereocenters. The summed E-state index contributed by atoms with van der Waals surface area (Å²) in [4.78, 5) is 22.3. The Morgan fingerprint density at radius 3 is 2.69 bits per heavy atom. The minimum absolute atomic E-state index is 0.164. The van der Waals surface area contributed by atoms with Gasteiger partial charge in [0.05, 0.1) is 5.56 Å². The van der Waals surface area contributed by atoms with Gasteiger partial charge in [0.15, 0.2) is 5.16 Å². The third kappa shape index (κ3) is 6.37. The molecule has 2 aromatic rings. The highest BCUT2D eigenvalue weighted by Gasteiger charge is 2.31. The average molecular weight is 424 g/mol. The first kappa shape index (κ1) is 21.4. The van der Waals surface area contributed by atoms with E-state index in [4.69, 9.17) is 0 Å². The SMILES string of the molecule is CC(=CCN1CCN(c2cccc(C(F)(F)F)c2)CC1)CSc1nccc(=O)[nH]1. The van der Waals surface area contributed by atoms with Crippen LogP contribution in [0.3, 0.4) is 0 Å². The van der Waals surface area contributed by atoms with Crippen molar-refractivity contribution in [3.63, 3.8) is 0 Å². The Hall–Kier alpha value is -2.26. The zero-order valence-electron chi connectivity index (χ0n) is 16.1. The number of aromatic nitrogens is 2. The lowest BCUT2D eigenvalue weighted by atomic mass is 10.1. The number of halogens is 3. The Bertz CT molecular complexity index is 905. The van der Waals surface area contributed by atoms with Crippen LogP contribution in [0.4, 0.5) is 18.9 Å². The second kappa shape index (κ2) is 9.49. The van der Waals surface area contributed by atoms with Crippen LogP contribution in [0, 0.1) is 0 Å². The maximum absolute atomic E-state index is 12.9. The number of H-pyrrole nitrogens is 1. The second-order valence-electron chi connectivity index (χ2n) is 6.91. The van der Waals surface area contributed by atoms with E-state index in [1.54, 1.807) is 6.07 Å². The quantitative estimate of drug-likeness (QED) is 0.436. The summed E-state index contributed by atoms with van der Waals surface area (Å²) >= 11 is 1.48. The molecule has 0 bridgehead atoms. The fourth-order valence-electron chi connectivity index (χ4n) is 3.02. The zero-order valence-corrected chi connectivity index (χ0v) is 16.9. The van der Waals surface area contributed by atoms with E-state index >= 15 is 0 Å². The van der Waals surface area contributed by atoms with E-state index < -0.39 is 11.7 Å². The van der Waals surface area contributed by atoms with Gasteiger partial charge in [0, 0.05) is 56.4 Å². The number of anilines is 1. The summed E-state index contributed by atoms with van der Waals surface area (Å²) < 4.78 is 38.7. The molecule has 1 aromatic heterocycles. The minimum Gasteiger partial charge on any atom is -0.369 e. The molecule has 1 aromatic carbocycles. The molecule has 9 heteroatoms. The molecule has 0 spiro atoms. The molecule has 1 N–H and O–H groups in total. The average Bonchev–Trinajstić information content (AvgIpc) is 2.71. The van der Waals surface area contributed by atoms with E-state index in [2.05, 4.69) is 20.9 Å². The maximum atomic E-state index is 12.9. The summed E-state index contributed by atoms with van der Waals surface area (Å²) in [5, 5.41) is 0.597. The highest BCUT2D eigenvalue weighted by Crippen LogP contribution is 2.31. The van der Waals surface area contributed by atoms with Crippen molar-refractivity contribution in [3.8, 4) is 0 Å². The summed E-state index contributed by atoms with van der Waals surface area (Å²) in [6.07, 6.45) is -0.682. The molecule has 0 radical (unpaired) electrons. The fourth-order valence-corrected chi connectivity index (χ4v) is 3.81. The van der Waals surface area contributed by atoms with Crippen LogP contribution in [0.2, 0.25) is 0 Å². The number of nitrogens with zero attached hydrogens (tertiary/aromatic N) is 3. The van der Waals surface area contributed by atoms with Gasteiger partial charge in [-0.05, 0) is 25.1 Å². The van der Waals surface area contributed by atoms with Gasteiger partial charge in [-0.1, -0.05) is 29.5 Å². The molecule has 1 aliphatic rings. The molecular weight excluding hydrogens is 401 g/mol. The van der Waals surface area contributed by atoms with Gasteiger partial charge in [0.2, 0.25) is 0 Å². The Morgan fingerprint density at radius 2 is 2.00 bits per heavy atom. The first-order chi connectivity index (χ1) is 13.8. The molecule has 1 fully saturated rings. The number of hydrogen-bond acceptors (Lipinski definition) is 5. The van der Waals surface area contributed by atoms with Crippen molar-refractivity contribution in [2.75, 3.05) is 43.4 Å². The van der Waals surface area contributed by atoms with Crippen LogP contribution in [0.5, 0.6) is 0 Å². The molecule has 5 nitrogen and oxygen atoms in total. The number of nitrogens with one attached hydrogen (secondary N) is 1. The van der Waals surface area contributed by atoms with Crippen LogP contribution in [0.25, 0.3) is 0 Å². The first-order valence-corrected chi connectivity index (χ1v) is 10.3. The molecule has 0 unspecified atom stereocenters. The first-order valence-electron chi connectivity index (χ1n) is 9.29. The van der Waals surface area contributed by atoms with Gasteiger partial charge in [0.1, 0.15) is 0 Å². The summed E-state index contributed by atoms with van der Waals surface area (Å²) in [5.41, 5.74) is 1.03. The fraction of sp³-hybridized carbons (Fsp3) is 0.400. The van der Waals surface area contributed by atoms with Crippen molar-refractivity contribution >= 4 is 17.4 Å². The zero-order chi connectivity index (χ0) is 20.9. The Labute approximate surface area is 171 Å². The lowest BCUT2D eigenvalue weighted by Gasteiger charge is -2.36. The van der Waals surface area contributed by atoms with E-state index in [1.807, 2.05) is 11.8 Å². The van der Waals surface area contributed by atoms with Gasteiger partial charge in [-0.15, -0.1) is 0 Å². The Morgan fingerprint density at radius 1 is 1.24 bits per heavy atom. The molecule has 3 rings (SSSR count). The number of alkyl halides is 3. The van der Waals surface area contributed by atoms with E-state index in [1.165, 1.54) is 41.7 Å². The highest BCUT2D eigenvalue weighted by atomic mass is 32.2. The monoisotopic (exact) mass is 424 g/mol. The molecule has 29 heavy (non-hydrogen) atoms. The van der Waals surface area contributed by atoms with Gasteiger partial charge >= 0.3 is 6.18 Å². The number of hydrogen-bond donors (Lipinski definition) is 1. The van der Waals surface area contributed by atoms with Crippen LogP contribution in [-0.2, 0) is 6.18 Å². The second-order valence-corrected chi connectivity index (χ2v) is 7.88. The lowest BCUT2D eigenvalue weighted by Crippen LogP contribution is -2.46. The van der Waals surface area contributed by atoms with Crippen molar-refractivity contribution < 1.29 is 13.2 Å². The molecule has 0 saturated carbocycles. The molecular formula is C20H23F3N4OS. The number of piperazine rings is 1. The van der Waals surface area contributed by atoms with Gasteiger partial charge in [-0.3, -0.25) is 9.69 Å². The molecule has 1 saturated heterocycles. The normalized spacial score (nSPS) is 16.3. The van der Waals surface area contributed by atoms with Crippen LogP contribution in [0.1, 0.15) is 12.5 Å². The van der Waals surface area contributed by atoms with Crippen LogP contribution in [-0.4, -0.2) is 53.3 Å². The summed E-state index contributed by atoms with van der Waals surface area (Å²) in [5.74, 6) is 0.733. The van der Waals surface area contributed by atoms with Crippen molar-refractivity contribution in [2.24, 2.45) is 0 Å². The predicted molar refractivity (Wildman–Crippen MR) is 109 cm³/mol. The molecule has 0 amide bonds. The van der Waals surface area contributed by atoms with Crippen molar-refractivity contribution in [3.05, 3.63) is 64.1 Å². The third-order valence-electron chi connectivity index (χ3n) is 4.69. The minimum atomic E-state index is -4.32. The van der Waals surface area contributed by atoms with Crippen molar-refractivity contribution in [1.82, 2.24) is 14.9 Å². The summed E-state index contributed by atoms with van der Waals surface area (Å²) in [6.45, 7) is 5.80. The maximum Gasteiger partial charge on any atom is 0.416 e. The van der Waals surface area contributed by atoms with Gasteiger partial charge in [-0.25, -0.2) is 4.98 Å². The van der Waals surface area contributed by atoms with Gasteiger partial charge in [-0.2, -0.15) is 13.2 Å². The number of thioether (sulfide) groups is 1. The van der Waals surface area contributed by atoms with Crippen molar-refractivity contribution in [2.45, 2.75) is 18.3 Å². The number of aromatic amines is 1. The lowest BCUT2D eigenvalue weighted by molar-refractivity contribution is -0.137. The topological polar surface area (TPSA) is 52.2 Å². The van der Waals surface area contributed by atoms with E-state index in [0.717, 1.165) is 31.5 Å². The standard InChI is InChI=1S/C20H23F3N4OS/c1-15(14-29-19-24-7-5-18(28)25-19)6-8-26-9-11-27(12-10-26)17-4-2-3-16(13-17)20(21,22)23/h2-7,13H,8-12,14H2,1H3,(H,24,25,28). The predicted octanol–water partition coefficient (Wildman–Crippen LogP) is 3.65. The molecule has 0 aliphatic carbocycles. The smallest absolute Gasteiger partial charge is 0.369 e. The third-order valence-corrected chi connectivity index (χ3v) is 5.77. The van der Waals surface area contributed by atoms with E-state index in [9.17, 15) is 18.0 Å². The summed E-state index contributed by atoms with van der Waals surface area (Å²) in [6, 6.07) is 6.90. The number of benzene rings is 1. The van der Waals surface area contributed by atoms with Crippen LogP contribution >= 0.6 is 11.8 Å². The van der Waals surface area contributed by atoms with E-state index in [-0.39, 0.29) is 5.56 Å². The Kier molecular flexibility index (Phi) is 7.02. The van der Waals surface area contributed by atoms with Gasteiger partial charge in [0.25, 0.3) is 5.56 Å². The molecule has 2 heterocycles. The summed E-state index contributed by atoms with van der Waals surface area (Å²) in [7, 11) is 0. The van der Waals surface area contributed by atoms with Crippen LogP contribution < -0.4 is 10.5 Å². The Balaban J connectivity index is 1.47. The largest absolute Gasteiger partial charge is 0.416 e. The van der Waals surface area contributed by atoms with E-state index in [0.29, 0.717) is 23.9 Å². The van der Waals surface area contributed by atoms with Crippen molar-refractivity contribution in [1.29, 1.82) is 0 Å². The molecule has 156 valence electrons.